The highest BCUT2D eigenvalue weighted by Gasteiger charge is 2.07. The van der Waals surface area contributed by atoms with E-state index in [2.05, 4.69) is 19.0 Å². The number of rotatable bonds is 2. The highest BCUT2D eigenvalue weighted by atomic mass is 16.5. The number of aryl methyl sites for hydroxylation is 2. The molecule has 12 heavy (non-hydrogen) atoms. The zero-order chi connectivity index (χ0) is 9.56. The van der Waals surface area contributed by atoms with Crippen LogP contribution in [0.2, 0.25) is 0 Å². The maximum absolute atomic E-state index is 5.09. The van der Waals surface area contributed by atoms with Crippen LogP contribution in [0, 0.1) is 6.92 Å². The topological polar surface area (TPSA) is 26.0 Å². The van der Waals surface area contributed by atoms with Gasteiger partial charge in [-0.1, -0.05) is 32.9 Å². The lowest BCUT2D eigenvalue weighted by atomic mass is 10.1. The van der Waals surface area contributed by atoms with Gasteiger partial charge in [0, 0.05) is 12.0 Å². The Morgan fingerprint density at radius 1 is 1.17 bits per heavy atom. The Bertz CT molecular complexity index is 216. The molecular formula is C10H19NO. The summed E-state index contributed by atoms with van der Waals surface area (Å²) in [6.07, 6.45) is 1.97. The van der Waals surface area contributed by atoms with Crippen molar-refractivity contribution in [1.29, 1.82) is 0 Å². The van der Waals surface area contributed by atoms with E-state index in [0.29, 0.717) is 0 Å². The van der Waals surface area contributed by atoms with Crippen molar-refractivity contribution < 1.29 is 4.52 Å². The van der Waals surface area contributed by atoms with Crippen LogP contribution in [-0.4, -0.2) is 5.16 Å². The van der Waals surface area contributed by atoms with Crippen molar-refractivity contribution in [2.45, 2.75) is 47.5 Å². The van der Waals surface area contributed by atoms with Gasteiger partial charge in [-0.25, -0.2) is 0 Å². The summed E-state index contributed by atoms with van der Waals surface area (Å²) in [5, 5.41) is 3.88. The van der Waals surface area contributed by atoms with Gasteiger partial charge in [-0.15, -0.1) is 0 Å². The molecule has 0 aliphatic heterocycles. The second-order valence-electron chi connectivity index (χ2n) is 2.38. The zero-order valence-electron chi connectivity index (χ0n) is 8.77. The van der Waals surface area contributed by atoms with Crippen molar-refractivity contribution in [3.05, 3.63) is 17.0 Å². The zero-order valence-corrected chi connectivity index (χ0v) is 8.77. The van der Waals surface area contributed by atoms with Crippen molar-refractivity contribution in [2.24, 2.45) is 0 Å². The minimum absolute atomic E-state index is 0.948. The molecule has 2 nitrogen and oxygen atoms in total. The molecule has 70 valence electrons. The van der Waals surface area contributed by atoms with Gasteiger partial charge in [-0.2, -0.15) is 0 Å². The lowest BCUT2D eigenvalue weighted by Gasteiger charge is -1.92. The van der Waals surface area contributed by atoms with E-state index < -0.39 is 0 Å². The maximum Gasteiger partial charge on any atom is 0.139 e. The average Bonchev–Trinajstić information content (AvgIpc) is 2.49. The van der Waals surface area contributed by atoms with Gasteiger partial charge in [-0.05, 0) is 13.3 Å². The molecule has 2 heteroatoms. The Hall–Kier alpha value is -0.790. The van der Waals surface area contributed by atoms with Gasteiger partial charge >= 0.3 is 0 Å². The third-order valence-corrected chi connectivity index (χ3v) is 1.74. The summed E-state index contributed by atoms with van der Waals surface area (Å²) in [6.45, 7) is 10.2. The SMILES string of the molecule is CC.CCc1onc(C)c1CC. The molecule has 0 unspecified atom stereocenters. The summed E-state index contributed by atoms with van der Waals surface area (Å²) in [5.74, 6) is 1.04. The monoisotopic (exact) mass is 169 g/mol. The van der Waals surface area contributed by atoms with Crippen molar-refractivity contribution >= 4 is 0 Å². The summed E-state index contributed by atoms with van der Waals surface area (Å²) in [5.41, 5.74) is 2.32. The molecule has 0 spiro atoms. The van der Waals surface area contributed by atoms with Gasteiger partial charge in [0.2, 0.25) is 0 Å². The molecule has 0 aliphatic carbocycles. The smallest absolute Gasteiger partial charge is 0.139 e. The van der Waals surface area contributed by atoms with Crippen LogP contribution in [0.15, 0.2) is 4.52 Å². The highest BCUT2D eigenvalue weighted by molar-refractivity contribution is 5.21. The maximum atomic E-state index is 5.09. The minimum atomic E-state index is 0.948. The van der Waals surface area contributed by atoms with Crippen LogP contribution in [0.5, 0.6) is 0 Å². The van der Waals surface area contributed by atoms with Gasteiger partial charge in [-0.3, -0.25) is 0 Å². The molecular weight excluding hydrogens is 150 g/mol. The van der Waals surface area contributed by atoms with Crippen molar-refractivity contribution in [2.75, 3.05) is 0 Å². The molecule has 1 rings (SSSR count). The first-order valence-electron chi connectivity index (χ1n) is 4.73. The molecule has 1 heterocycles. The van der Waals surface area contributed by atoms with Crippen LogP contribution >= 0.6 is 0 Å². The molecule has 0 amide bonds. The third kappa shape index (κ3) is 2.36. The summed E-state index contributed by atoms with van der Waals surface area (Å²) in [6, 6.07) is 0. The van der Waals surface area contributed by atoms with E-state index in [1.807, 2.05) is 20.8 Å². The Morgan fingerprint density at radius 2 is 1.75 bits per heavy atom. The fourth-order valence-electron chi connectivity index (χ4n) is 1.17. The molecule has 0 aliphatic rings. The summed E-state index contributed by atoms with van der Waals surface area (Å²) in [4.78, 5) is 0. The molecule has 1 aromatic rings. The standard InChI is InChI=1S/C8H13NO.C2H6/c1-4-7-6(3)9-10-8(7)5-2;1-2/h4-5H2,1-3H3;1-2H3. The van der Waals surface area contributed by atoms with E-state index in [1.165, 1.54) is 5.56 Å². The molecule has 0 N–H and O–H groups in total. The predicted molar refractivity (Wildman–Crippen MR) is 51.3 cm³/mol. The lowest BCUT2D eigenvalue weighted by molar-refractivity contribution is 0.382. The highest BCUT2D eigenvalue weighted by Crippen LogP contribution is 2.13. The first kappa shape index (κ1) is 11.2. The number of hydrogen-bond donors (Lipinski definition) is 0. The molecule has 1 aromatic heterocycles. The van der Waals surface area contributed by atoms with Crippen LogP contribution in [0.4, 0.5) is 0 Å². The van der Waals surface area contributed by atoms with Crippen LogP contribution in [0.3, 0.4) is 0 Å². The van der Waals surface area contributed by atoms with E-state index in [9.17, 15) is 0 Å². The van der Waals surface area contributed by atoms with Gasteiger partial charge in [0.25, 0.3) is 0 Å². The fraction of sp³-hybridized carbons (Fsp3) is 0.700. The predicted octanol–water partition coefficient (Wildman–Crippen LogP) is 3.13. The Balaban J connectivity index is 0.000000561. The molecule has 0 saturated carbocycles. The van der Waals surface area contributed by atoms with E-state index in [1.54, 1.807) is 0 Å². The molecule has 0 bridgehead atoms. The third-order valence-electron chi connectivity index (χ3n) is 1.74. The van der Waals surface area contributed by atoms with E-state index in [4.69, 9.17) is 4.52 Å². The summed E-state index contributed by atoms with van der Waals surface area (Å²) >= 11 is 0. The van der Waals surface area contributed by atoms with Gasteiger partial charge in [0.05, 0.1) is 5.69 Å². The van der Waals surface area contributed by atoms with Crippen LogP contribution in [0.25, 0.3) is 0 Å². The van der Waals surface area contributed by atoms with E-state index >= 15 is 0 Å². The molecule has 0 atom stereocenters. The molecule has 0 fully saturated rings. The second kappa shape index (κ2) is 5.81. The number of aromatic nitrogens is 1. The van der Waals surface area contributed by atoms with E-state index in [0.717, 1.165) is 24.3 Å². The number of hydrogen-bond acceptors (Lipinski definition) is 2. The Kier molecular flexibility index (Phi) is 5.43. The molecule has 0 radical (unpaired) electrons. The largest absolute Gasteiger partial charge is 0.361 e. The summed E-state index contributed by atoms with van der Waals surface area (Å²) in [7, 11) is 0. The van der Waals surface area contributed by atoms with Gasteiger partial charge in [0.15, 0.2) is 0 Å². The van der Waals surface area contributed by atoms with Gasteiger partial charge < -0.3 is 4.52 Å². The average molecular weight is 169 g/mol. The van der Waals surface area contributed by atoms with Crippen molar-refractivity contribution in [1.82, 2.24) is 5.16 Å². The number of nitrogens with zero attached hydrogens (tertiary/aromatic N) is 1. The first-order chi connectivity index (χ1) is 5.79. The van der Waals surface area contributed by atoms with Crippen molar-refractivity contribution in [3.8, 4) is 0 Å². The normalized spacial score (nSPS) is 9.08. The van der Waals surface area contributed by atoms with Gasteiger partial charge in [0.1, 0.15) is 5.76 Å². The Morgan fingerprint density at radius 3 is 2.08 bits per heavy atom. The lowest BCUT2D eigenvalue weighted by Crippen LogP contribution is -1.86. The Labute approximate surface area is 75.0 Å². The first-order valence-corrected chi connectivity index (χ1v) is 4.73. The van der Waals surface area contributed by atoms with Crippen LogP contribution in [-0.2, 0) is 12.8 Å². The summed E-state index contributed by atoms with van der Waals surface area (Å²) < 4.78 is 5.09. The van der Waals surface area contributed by atoms with Crippen LogP contribution < -0.4 is 0 Å². The quantitative estimate of drug-likeness (QED) is 0.679. The fourth-order valence-corrected chi connectivity index (χ4v) is 1.17. The van der Waals surface area contributed by atoms with Crippen LogP contribution in [0.1, 0.15) is 44.7 Å². The second-order valence-corrected chi connectivity index (χ2v) is 2.38. The van der Waals surface area contributed by atoms with E-state index in [-0.39, 0.29) is 0 Å². The minimum Gasteiger partial charge on any atom is -0.361 e. The molecule has 0 aromatic carbocycles. The van der Waals surface area contributed by atoms with Crippen molar-refractivity contribution in [3.63, 3.8) is 0 Å². The molecule has 0 saturated heterocycles.